The molecule has 4 heteroatoms. The molecule has 1 amide bonds. The minimum Gasteiger partial charge on any atom is -0.339 e. The maximum atomic E-state index is 12.7. The monoisotopic (exact) mass is 280 g/mol. The average Bonchev–Trinajstić information content (AvgIpc) is 2.38. The van der Waals surface area contributed by atoms with Crippen LogP contribution in [0.5, 0.6) is 0 Å². The predicted octanol–water partition coefficient (Wildman–Crippen LogP) is 2.44. The highest BCUT2D eigenvalue weighted by Gasteiger charge is 2.35. The summed E-state index contributed by atoms with van der Waals surface area (Å²) in [7, 11) is 0. The maximum Gasteiger partial charge on any atom is 0.232 e. The molecule has 104 valence electrons. The SMILES string of the molecule is CC1CN(C(=O)C(C)(C)c2cccc(Cl)c2)CCN1. The van der Waals surface area contributed by atoms with Crippen molar-refractivity contribution in [2.75, 3.05) is 19.6 Å². The van der Waals surface area contributed by atoms with E-state index in [9.17, 15) is 4.79 Å². The van der Waals surface area contributed by atoms with E-state index in [4.69, 9.17) is 11.6 Å². The third kappa shape index (κ3) is 3.10. The molecule has 1 atom stereocenters. The third-order valence-electron chi connectivity index (χ3n) is 3.74. The van der Waals surface area contributed by atoms with Gasteiger partial charge in [0.25, 0.3) is 0 Å². The fourth-order valence-electron chi connectivity index (χ4n) is 2.51. The average molecular weight is 281 g/mol. The van der Waals surface area contributed by atoms with Gasteiger partial charge in [0.2, 0.25) is 5.91 Å². The van der Waals surface area contributed by atoms with Crippen molar-refractivity contribution in [2.45, 2.75) is 32.2 Å². The molecule has 0 aliphatic carbocycles. The van der Waals surface area contributed by atoms with Crippen LogP contribution in [0.4, 0.5) is 0 Å². The van der Waals surface area contributed by atoms with Gasteiger partial charge in [0.1, 0.15) is 0 Å². The van der Waals surface area contributed by atoms with E-state index in [1.807, 2.05) is 43.0 Å². The fourth-order valence-corrected chi connectivity index (χ4v) is 2.70. The maximum absolute atomic E-state index is 12.7. The lowest BCUT2D eigenvalue weighted by molar-refractivity contribution is -0.137. The minimum atomic E-state index is -0.540. The molecule has 1 aromatic rings. The molecule has 1 heterocycles. The van der Waals surface area contributed by atoms with Crippen LogP contribution in [-0.4, -0.2) is 36.5 Å². The van der Waals surface area contributed by atoms with Crippen LogP contribution in [0.2, 0.25) is 5.02 Å². The zero-order valence-corrected chi connectivity index (χ0v) is 12.5. The summed E-state index contributed by atoms with van der Waals surface area (Å²) in [4.78, 5) is 14.7. The van der Waals surface area contributed by atoms with E-state index >= 15 is 0 Å². The Hall–Kier alpha value is -1.06. The van der Waals surface area contributed by atoms with Crippen molar-refractivity contribution in [1.82, 2.24) is 10.2 Å². The Labute approximate surface area is 119 Å². The van der Waals surface area contributed by atoms with Gasteiger partial charge in [-0.05, 0) is 38.5 Å². The van der Waals surface area contributed by atoms with E-state index in [0.717, 1.165) is 25.2 Å². The second-order valence-electron chi connectivity index (χ2n) is 5.74. The highest BCUT2D eigenvalue weighted by Crippen LogP contribution is 2.28. The van der Waals surface area contributed by atoms with Gasteiger partial charge in [-0.15, -0.1) is 0 Å². The second kappa shape index (κ2) is 5.51. The highest BCUT2D eigenvalue weighted by atomic mass is 35.5. The molecule has 1 saturated heterocycles. The number of halogens is 1. The van der Waals surface area contributed by atoms with Crippen LogP contribution >= 0.6 is 11.6 Å². The Morgan fingerprint density at radius 2 is 2.21 bits per heavy atom. The van der Waals surface area contributed by atoms with Gasteiger partial charge in [-0.3, -0.25) is 4.79 Å². The Balaban J connectivity index is 2.21. The summed E-state index contributed by atoms with van der Waals surface area (Å²) in [6.45, 7) is 8.43. The highest BCUT2D eigenvalue weighted by molar-refractivity contribution is 6.30. The van der Waals surface area contributed by atoms with Gasteiger partial charge in [-0.25, -0.2) is 0 Å². The topological polar surface area (TPSA) is 32.3 Å². The first-order chi connectivity index (χ1) is 8.91. The van der Waals surface area contributed by atoms with Crippen molar-refractivity contribution in [3.63, 3.8) is 0 Å². The van der Waals surface area contributed by atoms with Gasteiger partial charge in [0, 0.05) is 30.7 Å². The van der Waals surface area contributed by atoms with E-state index in [2.05, 4.69) is 12.2 Å². The minimum absolute atomic E-state index is 0.170. The van der Waals surface area contributed by atoms with Crippen molar-refractivity contribution >= 4 is 17.5 Å². The number of carbonyl (C=O) groups excluding carboxylic acids is 1. The van der Waals surface area contributed by atoms with Crippen molar-refractivity contribution in [3.05, 3.63) is 34.9 Å². The van der Waals surface area contributed by atoms with E-state index in [0.29, 0.717) is 11.1 Å². The number of hydrogen-bond acceptors (Lipinski definition) is 2. The fraction of sp³-hybridized carbons (Fsp3) is 0.533. The van der Waals surface area contributed by atoms with E-state index in [1.165, 1.54) is 0 Å². The first kappa shape index (κ1) is 14.4. The van der Waals surface area contributed by atoms with Crippen LogP contribution in [0.25, 0.3) is 0 Å². The van der Waals surface area contributed by atoms with Crippen molar-refractivity contribution in [1.29, 1.82) is 0 Å². The number of piperazine rings is 1. The second-order valence-corrected chi connectivity index (χ2v) is 6.18. The van der Waals surface area contributed by atoms with Crippen molar-refractivity contribution in [2.24, 2.45) is 0 Å². The molecular weight excluding hydrogens is 260 g/mol. The van der Waals surface area contributed by atoms with Gasteiger partial charge in [-0.1, -0.05) is 23.7 Å². The van der Waals surface area contributed by atoms with E-state index in [-0.39, 0.29) is 5.91 Å². The van der Waals surface area contributed by atoms with Crippen molar-refractivity contribution in [3.8, 4) is 0 Å². The summed E-state index contributed by atoms with van der Waals surface area (Å²) in [6.07, 6.45) is 0. The lowest BCUT2D eigenvalue weighted by Gasteiger charge is -2.37. The molecule has 1 aliphatic rings. The van der Waals surface area contributed by atoms with Gasteiger partial charge in [0.05, 0.1) is 5.41 Å². The summed E-state index contributed by atoms with van der Waals surface area (Å²) in [6, 6.07) is 7.93. The Kier molecular flexibility index (Phi) is 4.16. The van der Waals surface area contributed by atoms with Crippen LogP contribution in [0.3, 0.4) is 0 Å². The summed E-state index contributed by atoms with van der Waals surface area (Å²) < 4.78 is 0. The van der Waals surface area contributed by atoms with Crippen molar-refractivity contribution < 1.29 is 4.79 Å². The normalized spacial score (nSPS) is 20.4. The Bertz CT molecular complexity index is 473. The molecule has 0 spiro atoms. The molecule has 1 aliphatic heterocycles. The molecule has 0 aromatic heterocycles. The molecule has 1 fully saturated rings. The molecule has 19 heavy (non-hydrogen) atoms. The molecule has 0 bridgehead atoms. The third-order valence-corrected chi connectivity index (χ3v) is 3.97. The number of rotatable bonds is 2. The van der Waals surface area contributed by atoms with Gasteiger partial charge < -0.3 is 10.2 Å². The van der Waals surface area contributed by atoms with E-state index < -0.39 is 5.41 Å². The van der Waals surface area contributed by atoms with Crippen LogP contribution in [0.1, 0.15) is 26.3 Å². The summed E-state index contributed by atoms with van der Waals surface area (Å²) in [5, 5.41) is 4.03. The molecule has 0 radical (unpaired) electrons. The Morgan fingerprint density at radius 1 is 1.47 bits per heavy atom. The molecule has 0 saturated carbocycles. The van der Waals surface area contributed by atoms with Crippen LogP contribution in [0, 0.1) is 0 Å². The number of carbonyl (C=O) groups is 1. The lowest BCUT2D eigenvalue weighted by atomic mass is 9.83. The zero-order valence-electron chi connectivity index (χ0n) is 11.7. The molecule has 1 aromatic carbocycles. The van der Waals surface area contributed by atoms with Crippen LogP contribution in [0.15, 0.2) is 24.3 Å². The number of amides is 1. The lowest BCUT2D eigenvalue weighted by Crippen LogP contribution is -2.55. The number of nitrogens with one attached hydrogen (secondary N) is 1. The number of hydrogen-bond donors (Lipinski definition) is 1. The zero-order chi connectivity index (χ0) is 14.0. The first-order valence-corrected chi connectivity index (χ1v) is 7.08. The molecule has 3 nitrogen and oxygen atoms in total. The molecule has 1 unspecified atom stereocenters. The Morgan fingerprint density at radius 3 is 2.84 bits per heavy atom. The van der Waals surface area contributed by atoms with Gasteiger partial charge >= 0.3 is 0 Å². The largest absolute Gasteiger partial charge is 0.339 e. The summed E-state index contributed by atoms with van der Waals surface area (Å²) in [5.74, 6) is 0.170. The summed E-state index contributed by atoms with van der Waals surface area (Å²) in [5.41, 5.74) is 0.429. The molecule has 2 rings (SSSR count). The molecular formula is C15H21ClN2O. The quantitative estimate of drug-likeness (QED) is 0.902. The standard InChI is InChI=1S/C15H21ClN2O/c1-11-10-18(8-7-17-11)14(19)15(2,3)12-5-4-6-13(16)9-12/h4-6,9,11,17H,7-8,10H2,1-3H3. The summed E-state index contributed by atoms with van der Waals surface area (Å²) >= 11 is 6.03. The first-order valence-electron chi connectivity index (χ1n) is 6.70. The predicted molar refractivity (Wildman–Crippen MR) is 78.5 cm³/mol. The van der Waals surface area contributed by atoms with Gasteiger partial charge in [-0.2, -0.15) is 0 Å². The number of nitrogens with zero attached hydrogens (tertiary/aromatic N) is 1. The van der Waals surface area contributed by atoms with E-state index in [1.54, 1.807) is 0 Å². The molecule has 1 N–H and O–H groups in total. The smallest absolute Gasteiger partial charge is 0.232 e. The van der Waals surface area contributed by atoms with Crippen LogP contribution in [-0.2, 0) is 10.2 Å². The number of benzene rings is 1. The van der Waals surface area contributed by atoms with Crippen LogP contribution < -0.4 is 5.32 Å². The van der Waals surface area contributed by atoms with Gasteiger partial charge in [0.15, 0.2) is 0 Å².